The number of aromatic amines is 6. The van der Waals surface area contributed by atoms with Crippen molar-refractivity contribution in [1.29, 1.82) is 0 Å². The molecule has 692 valence electrons. The number of thiophene rings is 1. The lowest BCUT2D eigenvalue weighted by Crippen LogP contribution is -2.35. The monoisotopic (exact) mass is 1900 g/mol. The van der Waals surface area contributed by atoms with Crippen molar-refractivity contribution < 1.29 is 40.3 Å². The summed E-state index contributed by atoms with van der Waals surface area (Å²) in [7, 11) is -2.65. The molecule has 20 aromatic rings. The Morgan fingerprint density at radius 3 is 1.15 bits per heavy atom. The third-order valence-electron chi connectivity index (χ3n) is 11.9. The van der Waals surface area contributed by atoms with Gasteiger partial charge in [0.2, 0.25) is 12.8 Å². The molecule has 0 radical (unpaired) electrons. The summed E-state index contributed by atoms with van der Waals surface area (Å²) < 4.78 is 67.9. The quantitative estimate of drug-likeness (QED) is 0.0681. The van der Waals surface area contributed by atoms with Gasteiger partial charge >= 0.3 is 0 Å². The van der Waals surface area contributed by atoms with E-state index in [2.05, 4.69) is 208 Å². The molecule has 4 aliphatic rings. The number of hydrogen-bond acceptors (Lipinski definition) is 45. The van der Waals surface area contributed by atoms with Gasteiger partial charge in [0.15, 0.2) is 35.2 Å². The van der Waals surface area contributed by atoms with E-state index >= 15 is 0 Å². The van der Waals surface area contributed by atoms with Crippen molar-refractivity contribution in [3.63, 3.8) is 0 Å². The fourth-order valence-corrected chi connectivity index (χ4v) is 9.45. The average molecular weight is 1900 g/mol. The molecule has 0 bridgehead atoms. The zero-order chi connectivity index (χ0) is 92.3. The second-order valence-corrected chi connectivity index (χ2v) is 27.2. The maximum absolute atomic E-state index is 10.6. The van der Waals surface area contributed by atoms with E-state index in [1.54, 1.807) is 201 Å². The van der Waals surface area contributed by atoms with Gasteiger partial charge in [0.1, 0.15) is 43.3 Å². The van der Waals surface area contributed by atoms with Gasteiger partial charge in [0.25, 0.3) is 0 Å². The molecule has 24 rings (SSSR count). The van der Waals surface area contributed by atoms with E-state index in [0.717, 1.165) is 39.5 Å². The van der Waals surface area contributed by atoms with Gasteiger partial charge in [-0.3, -0.25) is 30.1 Å². The van der Waals surface area contributed by atoms with Gasteiger partial charge in [-0.2, -0.15) is 65.5 Å². The molecule has 52 heteroatoms. The second-order valence-electron chi connectivity index (χ2n) is 21.4. The molecular formula is C78H105N37O9S6. The van der Waals surface area contributed by atoms with Crippen LogP contribution in [0.15, 0.2) is 390 Å². The Balaban J connectivity index is 0.000000679. The molecule has 24 heterocycles. The zero-order valence-electron chi connectivity index (χ0n) is 70.5. The van der Waals surface area contributed by atoms with Crippen LogP contribution in [0.5, 0.6) is 0 Å². The van der Waals surface area contributed by atoms with Crippen LogP contribution in [0.1, 0.15) is 38.5 Å². The summed E-state index contributed by atoms with van der Waals surface area (Å²) in [5, 5.41) is 67.9. The van der Waals surface area contributed by atoms with Crippen molar-refractivity contribution >= 4 is 67.3 Å². The number of rotatable bonds is 0. The number of imidazole rings is 1. The number of nitrogens with one attached hydrogen (secondary N) is 9. The van der Waals surface area contributed by atoms with E-state index in [-0.39, 0.29) is 0 Å². The molecule has 130 heavy (non-hydrogen) atoms. The Kier molecular flexibility index (Phi) is 91.3. The van der Waals surface area contributed by atoms with E-state index in [0.29, 0.717) is 24.6 Å². The van der Waals surface area contributed by atoms with Gasteiger partial charge < -0.3 is 57.8 Å². The highest BCUT2D eigenvalue weighted by Gasteiger charge is 2.13. The van der Waals surface area contributed by atoms with Crippen molar-refractivity contribution in [2.75, 3.05) is 77.2 Å². The first kappa shape index (κ1) is 113. The minimum absolute atomic E-state index is 0.312. The Morgan fingerprint density at radius 1 is 0.300 bits per heavy atom. The summed E-state index contributed by atoms with van der Waals surface area (Å²) in [6, 6.07) is 28.2. The van der Waals surface area contributed by atoms with E-state index < -0.39 is 9.84 Å². The van der Waals surface area contributed by atoms with Crippen LogP contribution < -0.4 is 16.0 Å². The number of aromatic nitrogens is 34. The van der Waals surface area contributed by atoms with Crippen LogP contribution in [0.3, 0.4) is 0 Å². The van der Waals surface area contributed by atoms with Crippen molar-refractivity contribution in [3.8, 4) is 0 Å². The molecule has 46 nitrogen and oxygen atoms in total. The molecule has 4 saturated heterocycles. The fraction of sp³-hybridized carbons (Fsp3) is 0.231. The largest absolute Gasteiger partial charge is 0.473 e. The number of pyridine rings is 1. The number of sulfone groups is 1. The Morgan fingerprint density at radius 2 is 0.969 bits per heavy atom. The maximum Gasteiger partial charge on any atom is 0.213 e. The highest BCUT2D eigenvalue weighted by atomic mass is 32.2. The minimum Gasteiger partial charge on any atom is -0.473 e. The smallest absolute Gasteiger partial charge is 0.213 e. The SMILES string of the molecule is C1CCNCC1.C1CCOCC1.C1COCCN1.O=S1(=O)CCNCC1.c1c[nH]cn1.c1cc[nH]c1.c1ccncc1.c1ccnnc1.c1ccoc1.c1ccsc1.c1cn[nH]c1.c1cn[nH]n1.c1cnccn1.c1cncnc1.c1cnoc1.c1cnsc1.c1cnsn1.c1cocn1.c1cscn1.c1nc[nH]n1.c1ncon1.c1ncon1.c1ncsn1.c1nn[nH]n1. The van der Waals surface area contributed by atoms with E-state index in [9.17, 15) is 8.42 Å². The number of H-pyrrole nitrogens is 6. The van der Waals surface area contributed by atoms with Crippen LogP contribution >= 0.6 is 57.5 Å². The molecule has 0 saturated carbocycles. The van der Waals surface area contributed by atoms with Gasteiger partial charge in [-0.15, -0.1) is 21.5 Å². The summed E-state index contributed by atoms with van der Waals surface area (Å²) in [6.45, 7) is 9.59. The fourth-order valence-electron chi connectivity index (χ4n) is 6.63. The molecule has 4 aliphatic heterocycles. The van der Waals surface area contributed by atoms with Crippen LogP contribution in [0.4, 0.5) is 0 Å². The number of hydrogen-bond donors (Lipinski definition) is 9. The number of nitrogens with zero attached hydrogens (tertiary/aromatic N) is 28. The summed E-state index contributed by atoms with van der Waals surface area (Å²) in [5.74, 6) is 0.625. The molecule has 0 aliphatic carbocycles. The number of furan rings is 1. The Hall–Kier alpha value is -14.7. The standard InChI is InChI=1S/C5H11N.C5H5N.C5H10O.3C4H4N2.C4H9NO2S.C4H9NO.C4H5N.C4H4O.C4H4S.2C3H4N2.2C3H3NO.2C3H3NS.2C2H3N3.2C2H2N2O.2C2H2N2S.CH2N4/c3*1-2-4-6-5-3-1;1-2-6-4-3-5-1;1-2-5-4-6-3-1;1-2-4-6-5-3-1;6-8(7)3-1-5-2-4-8;1-3-6-4-2-5-1;3*1-2-4-5-3-1;1-2-5-3-4-1;1-2-4-5-3-1;1-2-5-3-4-1;1-2-4-5-3-1;1-2-5-3-4-1;1-2-4-5-3-1;1-3-2-5-4-1;1-2-4-5-3-1;3*1-3-2-5-4-1;2*1-2-4-5-3-1/h6H,1-5H2;1-5H;1-5H2;3*1-4H;5H,1-4H2;5H,1-4H2;1-5H;2*1-4H;2*1-3H,(H,4,5);4*1-3H;2*1-2H,(H,3,4,5);4*1-2H;1H,(H,2,3,4,5). The van der Waals surface area contributed by atoms with Crippen LogP contribution in [0.2, 0.25) is 0 Å². The third-order valence-corrected chi connectivity index (χ3v) is 16.1. The molecular weight excluding hydrogens is 1790 g/mol. The molecule has 0 aromatic carbocycles. The van der Waals surface area contributed by atoms with E-state index in [1.165, 1.54) is 162 Å². The highest BCUT2D eigenvalue weighted by molar-refractivity contribution is 7.91. The number of thiazole rings is 1. The zero-order valence-corrected chi connectivity index (χ0v) is 75.4. The summed E-state index contributed by atoms with van der Waals surface area (Å²) in [4.78, 5) is 49.2. The number of ether oxygens (including phenoxy) is 2. The number of piperidine rings is 1. The lowest BCUT2D eigenvalue weighted by molar-refractivity contribution is 0.0968. The summed E-state index contributed by atoms with van der Waals surface area (Å²) in [5.41, 5.74) is 3.47. The molecule has 0 atom stereocenters. The van der Waals surface area contributed by atoms with Crippen molar-refractivity contribution in [2.24, 2.45) is 0 Å². The number of morpholine rings is 1. The second kappa shape index (κ2) is 105. The lowest BCUT2D eigenvalue weighted by Gasteiger charge is -2.10. The van der Waals surface area contributed by atoms with Gasteiger partial charge in [0, 0.05) is 162 Å². The van der Waals surface area contributed by atoms with E-state index in [1.807, 2.05) is 113 Å². The molecule has 4 fully saturated rings. The first-order chi connectivity index (χ1) is 64.7. The number of oxazole rings is 1. The molecule has 0 spiro atoms. The van der Waals surface area contributed by atoms with Crippen molar-refractivity contribution in [3.05, 3.63) is 367 Å². The first-order valence-electron chi connectivity index (χ1n) is 38.4. The normalized spacial score (nSPS) is 11.4. The predicted molar refractivity (Wildman–Crippen MR) is 491 cm³/mol. The summed E-state index contributed by atoms with van der Waals surface area (Å²) >= 11 is 7.34. The molecule has 20 aromatic heterocycles. The topological polar surface area (TPSA) is 610 Å². The van der Waals surface area contributed by atoms with Crippen LogP contribution in [0.25, 0.3) is 0 Å². The van der Waals surface area contributed by atoms with Crippen LogP contribution in [0, 0.1) is 0 Å². The molecule has 0 unspecified atom stereocenters. The van der Waals surface area contributed by atoms with Gasteiger partial charge in [-0.25, -0.2) is 52.7 Å². The number of tetrazole rings is 1. The van der Waals surface area contributed by atoms with Crippen molar-refractivity contribution in [1.82, 2.24) is 185 Å². The maximum atomic E-state index is 10.6. The average Bonchev–Trinajstić information content (AvgIpc) is 1.36. The molecule has 9 N–H and O–H groups in total. The van der Waals surface area contributed by atoms with Crippen molar-refractivity contribution in [2.45, 2.75) is 38.5 Å². The van der Waals surface area contributed by atoms with Gasteiger partial charge in [-0.1, -0.05) is 45.3 Å². The highest BCUT2D eigenvalue weighted by Crippen LogP contribution is 2.02. The Bertz CT molecular complexity index is 3390. The summed E-state index contributed by atoms with van der Waals surface area (Å²) in [6.07, 6.45) is 70.5. The van der Waals surface area contributed by atoms with Crippen LogP contribution in [-0.2, 0) is 19.3 Å². The van der Waals surface area contributed by atoms with E-state index in [4.69, 9.17) is 9.47 Å². The van der Waals surface area contributed by atoms with Crippen LogP contribution in [-0.4, -0.2) is 255 Å². The van der Waals surface area contributed by atoms with Gasteiger partial charge in [-0.05, 0) is 152 Å². The minimum atomic E-state index is -2.65. The molecule has 0 amide bonds. The lowest BCUT2D eigenvalue weighted by atomic mass is 10.2. The first-order valence-corrected chi connectivity index (χ1v) is 44.5. The Labute approximate surface area is 770 Å². The predicted octanol–water partition coefficient (Wildman–Crippen LogP) is 11.6. The third kappa shape index (κ3) is 104. The van der Waals surface area contributed by atoms with Gasteiger partial charge in [0.05, 0.1) is 98.0 Å².